The third-order valence-corrected chi connectivity index (χ3v) is 6.46. The molecule has 0 spiro atoms. The molecule has 1 atom stereocenters. The van der Waals surface area contributed by atoms with Gasteiger partial charge in [-0.1, -0.05) is 53.3 Å². The van der Waals surface area contributed by atoms with Crippen molar-refractivity contribution in [2.24, 2.45) is 0 Å². The SMILES string of the molecule is Cc1ccc(C2CC(=O)N(C)c3c2c(C)nn3-c2nc3ccccc3s2)cc1. The van der Waals surface area contributed by atoms with Crippen LogP contribution in [0.4, 0.5) is 5.82 Å². The summed E-state index contributed by atoms with van der Waals surface area (Å²) in [5.74, 6) is 0.946. The molecule has 2 aromatic carbocycles. The topological polar surface area (TPSA) is 51.0 Å². The summed E-state index contributed by atoms with van der Waals surface area (Å²) in [5.41, 5.74) is 5.37. The summed E-state index contributed by atoms with van der Waals surface area (Å²) in [6, 6.07) is 16.5. The minimum atomic E-state index is 0.0161. The zero-order valence-electron chi connectivity index (χ0n) is 16.0. The molecule has 0 fully saturated rings. The van der Waals surface area contributed by atoms with Gasteiger partial charge in [0.25, 0.3) is 0 Å². The molecule has 0 saturated carbocycles. The Labute approximate surface area is 167 Å². The van der Waals surface area contributed by atoms with E-state index >= 15 is 0 Å². The maximum Gasteiger partial charge on any atom is 0.228 e. The van der Waals surface area contributed by atoms with E-state index in [0.717, 1.165) is 38.0 Å². The molecule has 4 aromatic rings. The number of anilines is 1. The molecule has 5 nitrogen and oxygen atoms in total. The van der Waals surface area contributed by atoms with Gasteiger partial charge in [0.2, 0.25) is 11.0 Å². The Morgan fingerprint density at radius 1 is 1.07 bits per heavy atom. The highest BCUT2D eigenvalue weighted by Crippen LogP contribution is 2.43. The molecule has 0 radical (unpaired) electrons. The smallest absolute Gasteiger partial charge is 0.228 e. The first-order chi connectivity index (χ1) is 13.5. The minimum absolute atomic E-state index is 0.0161. The standard InChI is InChI=1S/C22H20N4OS/c1-13-8-10-15(11-9-13)16-12-19(27)25(3)21-20(16)14(2)24-26(21)22-23-17-6-4-5-7-18(17)28-22/h4-11,16H,12H2,1-3H3. The lowest BCUT2D eigenvalue weighted by Gasteiger charge is -2.30. The van der Waals surface area contributed by atoms with E-state index in [0.29, 0.717) is 6.42 Å². The highest BCUT2D eigenvalue weighted by molar-refractivity contribution is 7.20. The van der Waals surface area contributed by atoms with Crippen LogP contribution in [0.2, 0.25) is 0 Å². The quantitative estimate of drug-likeness (QED) is 0.504. The Morgan fingerprint density at radius 3 is 2.57 bits per heavy atom. The van der Waals surface area contributed by atoms with Crippen LogP contribution < -0.4 is 4.90 Å². The number of hydrogen-bond acceptors (Lipinski definition) is 4. The van der Waals surface area contributed by atoms with Crippen LogP contribution in [-0.4, -0.2) is 27.7 Å². The van der Waals surface area contributed by atoms with Crippen molar-refractivity contribution in [3.63, 3.8) is 0 Å². The molecule has 3 heterocycles. The third-order valence-electron chi connectivity index (χ3n) is 5.44. The molecule has 28 heavy (non-hydrogen) atoms. The summed E-state index contributed by atoms with van der Waals surface area (Å²) in [5, 5.41) is 5.59. The zero-order chi connectivity index (χ0) is 19.4. The second-order valence-electron chi connectivity index (χ2n) is 7.32. The first-order valence-corrected chi connectivity index (χ1v) is 10.1. The van der Waals surface area contributed by atoms with E-state index in [1.54, 1.807) is 16.2 Å². The van der Waals surface area contributed by atoms with Gasteiger partial charge < -0.3 is 0 Å². The molecule has 6 heteroatoms. The van der Waals surface area contributed by atoms with E-state index in [1.165, 1.54) is 5.56 Å². The van der Waals surface area contributed by atoms with E-state index in [2.05, 4.69) is 37.3 Å². The van der Waals surface area contributed by atoms with Gasteiger partial charge in [-0.2, -0.15) is 9.78 Å². The van der Waals surface area contributed by atoms with Crippen molar-refractivity contribution in [3.05, 3.63) is 70.9 Å². The van der Waals surface area contributed by atoms with Crippen LogP contribution in [-0.2, 0) is 4.79 Å². The number of aromatic nitrogens is 3. The first kappa shape index (κ1) is 17.1. The summed E-state index contributed by atoms with van der Waals surface area (Å²) < 4.78 is 2.95. The number of amides is 1. The number of carbonyl (C=O) groups excluding carboxylic acids is 1. The number of fused-ring (bicyclic) bond motifs is 2. The summed E-state index contributed by atoms with van der Waals surface area (Å²) in [7, 11) is 1.83. The summed E-state index contributed by atoms with van der Waals surface area (Å²) in [6.45, 7) is 4.10. The Balaban J connectivity index is 1.71. The van der Waals surface area contributed by atoms with Crippen LogP contribution in [0.5, 0.6) is 0 Å². The molecule has 1 unspecified atom stereocenters. The van der Waals surface area contributed by atoms with Gasteiger partial charge in [-0.3, -0.25) is 9.69 Å². The lowest BCUT2D eigenvalue weighted by atomic mass is 9.85. The van der Waals surface area contributed by atoms with Crippen LogP contribution >= 0.6 is 11.3 Å². The summed E-state index contributed by atoms with van der Waals surface area (Å²) in [4.78, 5) is 19.3. The molecule has 1 amide bonds. The van der Waals surface area contributed by atoms with Gasteiger partial charge in [0.05, 0.1) is 15.9 Å². The van der Waals surface area contributed by atoms with Crippen molar-refractivity contribution in [3.8, 4) is 5.13 Å². The lowest BCUT2D eigenvalue weighted by molar-refractivity contribution is -0.118. The van der Waals surface area contributed by atoms with Crippen molar-refractivity contribution in [2.75, 3.05) is 11.9 Å². The van der Waals surface area contributed by atoms with Gasteiger partial charge in [-0.25, -0.2) is 4.98 Å². The molecular weight excluding hydrogens is 368 g/mol. The molecule has 0 bridgehead atoms. The maximum atomic E-state index is 12.8. The van der Waals surface area contributed by atoms with Gasteiger partial charge in [0, 0.05) is 24.9 Å². The average molecular weight is 388 g/mol. The van der Waals surface area contributed by atoms with Gasteiger partial charge in [0.15, 0.2) is 0 Å². The third kappa shape index (κ3) is 2.56. The predicted octanol–water partition coefficient (Wildman–Crippen LogP) is 4.60. The fourth-order valence-corrected chi connectivity index (χ4v) is 4.88. The zero-order valence-corrected chi connectivity index (χ0v) is 16.8. The Bertz CT molecular complexity index is 1170. The number of benzene rings is 2. The second-order valence-corrected chi connectivity index (χ2v) is 8.33. The number of nitrogens with zero attached hydrogens (tertiary/aromatic N) is 4. The van der Waals surface area contributed by atoms with E-state index in [1.807, 2.05) is 36.9 Å². The van der Waals surface area contributed by atoms with Crippen molar-refractivity contribution in [1.82, 2.24) is 14.8 Å². The monoisotopic (exact) mass is 388 g/mol. The Morgan fingerprint density at radius 2 is 1.82 bits per heavy atom. The first-order valence-electron chi connectivity index (χ1n) is 9.31. The molecule has 0 N–H and O–H groups in total. The van der Waals surface area contributed by atoms with Crippen LogP contribution in [0.25, 0.3) is 15.3 Å². The van der Waals surface area contributed by atoms with Crippen molar-refractivity contribution in [2.45, 2.75) is 26.2 Å². The predicted molar refractivity (Wildman–Crippen MR) is 113 cm³/mol. The van der Waals surface area contributed by atoms with Crippen molar-refractivity contribution >= 4 is 33.3 Å². The van der Waals surface area contributed by atoms with E-state index in [9.17, 15) is 4.79 Å². The molecular formula is C22H20N4OS. The number of carbonyl (C=O) groups is 1. The van der Waals surface area contributed by atoms with Crippen LogP contribution in [0.1, 0.15) is 34.7 Å². The fourth-order valence-electron chi connectivity index (χ4n) is 3.96. The normalized spacial score (nSPS) is 16.6. The van der Waals surface area contributed by atoms with Crippen LogP contribution in [0.15, 0.2) is 48.5 Å². The molecule has 0 saturated heterocycles. The van der Waals surface area contributed by atoms with Gasteiger partial charge in [0.1, 0.15) is 5.82 Å². The largest absolute Gasteiger partial charge is 0.299 e. The maximum absolute atomic E-state index is 12.8. The molecule has 5 rings (SSSR count). The van der Waals surface area contributed by atoms with E-state index in [4.69, 9.17) is 10.1 Å². The number of aryl methyl sites for hydroxylation is 2. The van der Waals surface area contributed by atoms with Crippen molar-refractivity contribution in [1.29, 1.82) is 0 Å². The Hall–Kier alpha value is -2.99. The molecule has 2 aromatic heterocycles. The number of rotatable bonds is 2. The van der Waals surface area contributed by atoms with E-state index in [-0.39, 0.29) is 11.8 Å². The van der Waals surface area contributed by atoms with Gasteiger partial charge in [-0.05, 0) is 31.5 Å². The van der Waals surface area contributed by atoms with E-state index < -0.39 is 0 Å². The van der Waals surface area contributed by atoms with Crippen LogP contribution in [0, 0.1) is 13.8 Å². The lowest BCUT2D eigenvalue weighted by Crippen LogP contribution is -2.34. The summed E-state index contributed by atoms with van der Waals surface area (Å²) >= 11 is 1.59. The highest BCUT2D eigenvalue weighted by atomic mass is 32.1. The van der Waals surface area contributed by atoms with Crippen LogP contribution in [0.3, 0.4) is 0 Å². The van der Waals surface area contributed by atoms with Gasteiger partial charge in [-0.15, -0.1) is 0 Å². The number of para-hydroxylation sites is 1. The summed E-state index contributed by atoms with van der Waals surface area (Å²) in [6.07, 6.45) is 0.457. The molecule has 1 aliphatic rings. The number of hydrogen-bond donors (Lipinski definition) is 0. The van der Waals surface area contributed by atoms with Crippen molar-refractivity contribution < 1.29 is 4.79 Å². The minimum Gasteiger partial charge on any atom is -0.299 e. The van der Waals surface area contributed by atoms with Gasteiger partial charge >= 0.3 is 0 Å². The fraction of sp³-hybridized carbons (Fsp3) is 0.227. The molecule has 0 aliphatic carbocycles. The highest BCUT2D eigenvalue weighted by Gasteiger charge is 2.36. The molecule has 1 aliphatic heterocycles. The average Bonchev–Trinajstić information content (AvgIpc) is 3.27. The molecule has 140 valence electrons. The number of thiazole rings is 1. The Kier molecular flexibility index (Phi) is 3.84. The second kappa shape index (κ2) is 6.27.